The van der Waals surface area contributed by atoms with E-state index in [9.17, 15) is 17.6 Å². The number of carbonyl (C=O) groups is 1. The van der Waals surface area contributed by atoms with E-state index in [0.717, 1.165) is 26.8 Å². The number of rotatable bonds is 6. The van der Waals surface area contributed by atoms with Crippen LogP contribution in [0.3, 0.4) is 0 Å². The molecule has 0 spiro atoms. The molecule has 0 aliphatic carbocycles. The highest BCUT2D eigenvalue weighted by Gasteiger charge is 2.33. The lowest BCUT2D eigenvalue weighted by atomic mass is 10.1. The number of amides is 1. The molecular formula is C26H23FN2O3S2. The van der Waals surface area contributed by atoms with Gasteiger partial charge < -0.3 is 5.32 Å². The van der Waals surface area contributed by atoms with Crippen LogP contribution in [0.25, 0.3) is 11.1 Å². The van der Waals surface area contributed by atoms with Gasteiger partial charge in [0.1, 0.15) is 15.6 Å². The molecule has 1 aromatic heterocycles. The molecule has 1 N–H and O–H groups in total. The first-order valence-electron chi connectivity index (χ1n) is 10.5. The Balaban J connectivity index is 1.83. The predicted molar refractivity (Wildman–Crippen MR) is 136 cm³/mol. The number of hydrogen-bond donors (Lipinski definition) is 1. The molecule has 3 aromatic carbocycles. The summed E-state index contributed by atoms with van der Waals surface area (Å²) in [7, 11) is -2.73. The van der Waals surface area contributed by atoms with Gasteiger partial charge in [0.2, 0.25) is 0 Å². The number of thiophene rings is 1. The van der Waals surface area contributed by atoms with Crippen molar-refractivity contribution in [3.63, 3.8) is 0 Å². The van der Waals surface area contributed by atoms with Crippen LogP contribution in [0.1, 0.15) is 20.8 Å². The lowest BCUT2D eigenvalue weighted by Gasteiger charge is -2.21. The van der Waals surface area contributed by atoms with Crippen molar-refractivity contribution in [1.29, 1.82) is 0 Å². The molecule has 0 aliphatic rings. The Morgan fingerprint density at radius 2 is 1.56 bits per heavy atom. The van der Waals surface area contributed by atoms with Gasteiger partial charge in [-0.15, -0.1) is 11.3 Å². The highest BCUT2D eigenvalue weighted by molar-refractivity contribution is 7.93. The van der Waals surface area contributed by atoms with E-state index in [2.05, 4.69) is 5.32 Å². The largest absolute Gasteiger partial charge is 0.321 e. The first-order valence-corrected chi connectivity index (χ1v) is 12.8. The van der Waals surface area contributed by atoms with Crippen molar-refractivity contribution in [2.24, 2.45) is 0 Å². The third kappa shape index (κ3) is 4.73. The van der Waals surface area contributed by atoms with Crippen LogP contribution in [0.15, 0.2) is 83.1 Å². The number of aryl methyl sites for hydroxylation is 2. The molecule has 0 saturated heterocycles. The second-order valence-electron chi connectivity index (χ2n) is 7.95. The van der Waals surface area contributed by atoms with Gasteiger partial charge in [-0.1, -0.05) is 47.5 Å². The number of nitrogens with one attached hydrogen (secondary N) is 1. The molecule has 4 aromatic rings. The SMILES string of the molecule is Cc1ccc(NC(=O)c2scc(-c3cccc(F)c3)c2S(=O)(=O)N(C)c2ccc(C)cc2)cc1. The van der Waals surface area contributed by atoms with Gasteiger partial charge in [-0.25, -0.2) is 12.8 Å². The van der Waals surface area contributed by atoms with Gasteiger partial charge in [0.25, 0.3) is 15.9 Å². The maximum atomic E-state index is 14.0. The van der Waals surface area contributed by atoms with Crippen LogP contribution >= 0.6 is 11.3 Å². The van der Waals surface area contributed by atoms with Gasteiger partial charge in [-0.05, 0) is 55.8 Å². The van der Waals surface area contributed by atoms with E-state index in [1.165, 1.54) is 25.2 Å². The van der Waals surface area contributed by atoms with E-state index in [4.69, 9.17) is 0 Å². The lowest BCUT2D eigenvalue weighted by Crippen LogP contribution is -2.28. The Kier molecular flexibility index (Phi) is 6.54. The van der Waals surface area contributed by atoms with Crippen molar-refractivity contribution in [3.8, 4) is 11.1 Å². The molecule has 0 radical (unpaired) electrons. The molecule has 0 aliphatic heterocycles. The molecule has 0 bridgehead atoms. The fraction of sp³-hybridized carbons (Fsp3) is 0.115. The summed E-state index contributed by atoms with van der Waals surface area (Å²) in [6.07, 6.45) is 0. The number of benzene rings is 3. The molecule has 174 valence electrons. The van der Waals surface area contributed by atoms with E-state index in [0.29, 0.717) is 16.9 Å². The van der Waals surface area contributed by atoms with Crippen LogP contribution in [-0.2, 0) is 10.0 Å². The molecule has 1 heterocycles. The van der Waals surface area contributed by atoms with Gasteiger partial charge in [-0.3, -0.25) is 9.10 Å². The van der Waals surface area contributed by atoms with Gasteiger partial charge in [-0.2, -0.15) is 0 Å². The molecule has 34 heavy (non-hydrogen) atoms. The Morgan fingerprint density at radius 1 is 0.941 bits per heavy atom. The van der Waals surface area contributed by atoms with E-state index >= 15 is 0 Å². The zero-order chi connectivity index (χ0) is 24.5. The number of nitrogens with zero attached hydrogens (tertiary/aromatic N) is 1. The molecule has 1 amide bonds. The highest BCUT2D eigenvalue weighted by atomic mass is 32.2. The van der Waals surface area contributed by atoms with Crippen molar-refractivity contribution in [2.45, 2.75) is 18.7 Å². The third-order valence-electron chi connectivity index (χ3n) is 5.41. The average molecular weight is 495 g/mol. The molecule has 0 unspecified atom stereocenters. The van der Waals surface area contributed by atoms with Crippen molar-refractivity contribution in [2.75, 3.05) is 16.7 Å². The van der Waals surface area contributed by atoms with Crippen LogP contribution < -0.4 is 9.62 Å². The molecule has 8 heteroatoms. The number of halogens is 1. The number of sulfonamides is 1. The first-order chi connectivity index (χ1) is 16.2. The van der Waals surface area contributed by atoms with E-state index in [1.54, 1.807) is 35.7 Å². The Hall–Kier alpha value is -3.49. The summed E-state index contributed by atoms with van der Waals surface area (Å²) in [4.78, 5) is 13.1. The first kappa shape index (κ1) is 23.7. The molecule has 0 fully saturated rings. The van der Waals surface area contributed by atoms with Crippen LogP contribution in [0.2, 0.25) is 0 Å². The van der Waals surface area contributed by atoms with Gasteiger partial charge in [0, 0.05) is 23.7 Å². The number of carbonyl (C=O) groups excluding carboxylic acids is 1. The van der Waals surface area contributed by atoms with Crippen LogP contribution in [0.5, 0.6) is 0 Å². The smallest absolute Gasteiger partial charge is 0.267 e. The summed E-state index contributed by atoms with van der Waals surface area (Å²) in [5, 5.41) is 4.35. The zero-order valence-corrected chi connectivity index (χ0v) is 20.5. The maximum Gasteiger partial charge on any atom is 0.267 e. The third-order valence-corrected chi connectivity index (χ3v) is 8.39. The van der Waals surface area contributed by atoms with Gasteiger partial charge in [0.05, 0.1) is 5.69 Å². The average Bonchev–Trinajstić information content (AvgIpc) is 3.27. The quantitative estimate of drug-likeness (QED) is 0.345. The van der Waals surface area contributed by atoms with Crippen LogP contribution in [0, 0.1) is 19.7 Å². The molecular weight excluding hydrogens is 471 g/mol. The Morgan fingerprint density at radius 3 is 2.18 bits per heavy atom. The summed E-state index contributed by atoms with van der Waals surface area (Å²) in [6.45, 7) is 3.84. The van der Waals surface area contributed by atoms with Crippen molar-refractivity contribution >= 4 is 38.6 Å². The topological polar surface area (TPSA) is 66.5 Å². The molecule has 0 saturated carbocycles. The van der Waals surface area contributed by atoms with Crippen molar-refractivity contribution in [1.82, 2.24) is 0 Å². The molecule has 0 atom stereocenters. The van der Waals surface area contributed by atoms with Crippen molar-refractivity contribution < 1.29 is 17.6 Å². The molecule has 4 rings (SSSR count). The van der Waals surface area contributed by atoms with Crippen LogP contribution in [-0.4, -0.2) is 21.4 Å². The van der Waals surface area contributed by atoms with Crippen molar-refractivity contribution in [3.05, 3.63) is 100.0 Å². The summed E-state index contributed by atoms with van der Waals surface area (Å²) in [6, 6.07) is 19.9. The summed E-state index contributed by atoms with van der Waals surface area (Å²) in [5.41, 5.74) is 3.67. The lowest BCUT2D eigenvalue weighted by molar-refractivity contribution is 0.102. The second-order valence-corrected chi connectivity index (χ2v) is 10.7. The fourth-order valence-corrected chi connectivity index (χ4v) is 6.32. The van der Waals surface area contributed by atoms with E-state index in [1.807, 2.05) is 38.1 Å². The normalized spacial score (nSPS) is 11.3. The monoisotopic (exact) mass is 494 g/mol. The minimum atomic E-state index is -4.17. The number of anilines is 2. The second kappa shape index (κ2) is 9.40. The standard InChI is InChI=1S/C26H23FN2O3S2/c1-17-7-11-21(12-8-17)28-26(30)24-25(23(16-33-24)19-5-4-6-20(27)15-19)34(31,32)29(3)22-13-9-18(2)10-14-22/h4-16H,1-3H3,(H,28,30). The highest BCUT2D eigenvalue weighted by Crippen LogP contribution is 2.38. The van der Waals surface area contributed by atoms with E-state index < -0.39 is 21.7 Å². The summed E-state index contributed by atoms with van der Waals surface area (Å²) in [5.74, 6) is -1.04. The zero-order valence-electron chi connectivity index (χ0n) is 18.9. The molecule has 5 nitrogen and oxygen atoms in total. The van der Waals surface area contributed by atoms with Crippen LogP contribution in [0.4, 0.5) is 15.8 Å². The Bertz CT molecular complexity index is 1440. The minimum Gasteiger partial charge on any atom is -0.321 e. The fourth-order valence-electron chi connectivity index (χ4n) is 3.47. The van der Waals surface area contributed by atoms with Gasteiger partial charge in [0.15, 0.2) is 0 Å². The maximum absolute atomic E-state index is 14.0. The predicted octanol–water partition coefficient (Wildman–Crippen LogP) is 6.25. The van der Waals surface area contributed by atoms with E-state index in [-0.39, 0.29) is 15.3 Å². The minimum absolute atomic E-state index is 0.0267. The van der Waals surface area contributed by atoms with Gasteiger partial charge >= 0.3 is 0 Å². The number of hydrogen-bond acceptors (Lipinski definition) is 4. The Labute approximate surface area is 202 Å². The summed E-state index contributed by atoms with van der Waals surface area (Å²) >= 11 is 1.01. The summed E-state index contributed by atoms with van der Waals surface area (Å²) < 4.78 is 42.8.